The van der Waals surface area contributed by atoms with E-state index < -0.39 is 11.4 Å². The lowest BCUT2D eigenvalue weighted by Gasteiger charge is -2.73. The second-order valence-corrected chi connectivity index (χ2v) is 19.6. The summed E-state index contributed by atoms with van der Waals surface area (Å²) >= 11 is 0. The first-order valence-corrected chi connectivity index (χ1v) is 19.4. The molecule has 8 unspecified atom stereocenters. The van der Waals surface area contributed by atoms with Crippen LogP contribution in [0.2, 0.25) is 0 Å². The number of esters is 1. The van der Waals surface area contributed by atoms with E-state index in [9.17, 15) is 19.5 Å². The number of nitrogens with zero attached hydrogens (tertiary/aromatic N) is 1. The highest BCUT2D eigenvalue weighted by molar-refractivity contribution is 5.84. The molecule has 10 atom stereocenters. The zero-order valence-electron chi connectivity index (χ0n) is 31.5. The van der Waals surface area contributed by atoms with Gasteiger partial charge in [0.1, 0.15) is 6.10 Å². The van der Waals surface area contributed by atoms with E-state index in [0.717, 1.165) is 71.1 Å². The van der Waals surface area contributed by atoms with Crippen LogP contribution in [0, 0.1) is 62.1 Å². The van der Waals surface area contributed by atoms with Gasteiger partial charge in [-0.25, -0.2) is 0 Å². The van der Waals surface area contributed by atoms with Gasteiger partial charge in [0.2, 0.25) is 5.91 Å². The number of carbonyl (C=O) groups is 3. The van der Waals surface area contributed by atoms with Crippen molar-refractivity contribution in [3.05, 3.63) is 12.2 Å². The number of amides is 1. The van der Waals surface area contributed by atoms with Gasteiger partial charge in [0.25, 0.3) is 0 Å². The van der Waals surface area contributed by atoms with Crippen molar-refractivity contribution in [1.29, 1.82) is 0 Å². The van der Waals surface area contributed by atoms with Gasteiger partial charge in [0, 0.05) is 31.6 Å². The van der Waals surface area contributed by atoms with Crippen LogP contribution in [0.5, 0.6) is 0 Å². The molecule has 1 heterocycles. The van der Waals surface area contributed by atoms with E-state index >= 15 is 0 Å². The van der Waals surface area contributed by atoms with Crippen LogP contribution in [0.15, 0.2) is 12.2 Å². The number of carboxylic acids is 1. The van der Waals surface area contributed by atoms with Crippen LogP contribution in [-0.4, -0.2) is 60.1 Å². The molecule has 5 aliphatic carbocycles. The zero-order valence-corrected chi connectivity index (χ0v) is 31.5. The molecule has 0 bridgehead atoms. The van der Waals surface area contributed by atoms with E-state index in [1.165, 1.54) is 24.8 Å². The Morgan fingerprint density at radius 3 is 2.19 bits per heavy atom. The van der Waals surface area contributed by atoms with E-state index in [4.69, 9.17) is 4.74 Å². The third-order valence-electron chi connectivity index (χ3n) is 16.4. The summed E-state index contributed by atoms with van der Waals surface area (Å²) in [6.45, 7) is 26.4. The number of fused-ring (bicyclic) bond motifs is 7. The Labute approximate surface area is 290 Å². The lowest BCUT2D eigenvalue weighted by molar-refractivity contribution is -0.250. The third-order valence-corrected chi connectivity index (χ3v) is 16.4. The fourth-order valence-electron chi connectivity index (χ4n) is 13.9. The minimum absolute atomic E-state index is 0.0458. The average Bonchev–Trinajstić information content (AvgIpc) is 3.39. The van der Waals surface area contributed by atoms with Gasteiger partial charge < -0.3 is 20.1 Å². The third kappa shape index (κ3) is 5.41. The number of rotatable bonds is 7. The predicted octanol–water partition coefficient (Wildman–Crippen LogP) is 7.88. The minimum Gasteiger partial charge on any atom is -0.481 e. The largest absolute Gasteiger partial charge is 0.481 e. The first kappa shape index (κ1) is 35.9. The molecule has 48 heavy (non-hydrogen) atoms. The first-order valence-electron chi connectivity index (χ1n) is 19.4. The Balaban J connectivity index is 1.25. The van der Waals surface area contributed by atoms with Crippen molar-refractivity contribution in [2.45, 2.75) is 139 Å². The molecule has 0 radical (unpaired) electrons. The Kier molecular flexibility index (Phi) is 9.07. The molecule has 0 aromatic heterocycles. The first-order chi connectivity index (χ1) is 22.3. The van der Waals surface area contributed by atoms with Gasteiger partial charge in [-0.15, -0.1) is 0 Å². The van der Waals surface area contributed by atoms with Crippen molar-refractivity contribution in [3.8, 4) is 0 Å². The Morgan fingerprint density at radius 2 is 1.54 bits per heavy atom. The molecule has 1 aliphatic heterocycles. The highest BCUT2D eigenvalue weighted by atomic mass is 16.5. The predicted molar refractivity (Wildman–Crippen MR) is 189 cm³/mol. The minimum atomic E-state index is -0.881. The van der Waals surface area contributed by atoms with Crippen LogP contribution in [0.4, 0.5) is 0 Å². The molecule has 1 saturated heterocycles. The van der Waals surface area contributed by atoms with Crippen molar-refractivity contribution in [2.75, 3.05) is 26.2 Å². The van der Waals surface area contributed by atoms with E-state index in [1.807, 2.05) is 13.8 Å². The molecule has 0 aromatic carbocycles. The molecule has 6 fully saturated rings. The maximum atomic E-state index is 14.6. The number of piperazine rings is 1. The lowest BCUT2D eigenvalue weighted by Crippen LogP contribution is -2.67. The summed E-state index contributed by atoms with van der Waals surface area (Å²) in [6, 6.07) is 0. The molecule has 6 rings (SSSR count). The van der Waals surface area contributed by atoms with Gasteiger partial charge in [-0.2, -0.15) is 0 Å². The summed E-state index contributed by atoms with van der Waals surface area (Å²) in [6.07, 6.45) is 10.9. The van der Waals surface area contributed by atoms with Gasteiger partial charge >= 0.3 is 11.9 Å². The maximum absolute atomic E-state index is 14.6. The number of nitrogens with one attached hydrogen (secondary N) is 1. The van der Waals surface area contributed by atoms with Gasteiger partial charge in [0.05, 0.1) is 18.3 Å². The summed E-state index contributed by atoms with van der Waals surface area (Å²) in [4.78, 5) is 41.4. The molecule has 0 spiro atoms. The molecule has 0 aromatic rings. The summed E-state index contributed by atoms with van der Waals surface area (Å²) in [7, 11) is 0. The molecule has 5 saturated carbocycles. The molecule has 270 valence electrons. The van der Waals surface area contributed by atoms with E-state index in [-0.39, 0.29) is 52.0 Å². The standard InChI is InChI=1S/C41H66N2O5/c1-26(2)27-12-17-41(35(47)43-22-20-42-21-23-43)19-18-39(8)28(34(27)41)10-11-30-38(7)15-14-31(37(5,6)29(38)13-16-40(30,39)9)48-33(46)25-36(3,4)24-32(44)45/h27-31,34,42H,1,10-25H2,2-9H3,(H,44,45)/t27-,28?,29?,30?,31?,34?,38?,39+,40?,41?/m0/s1. The van der Waals surface area contributed by atoms with Crippen LogP contribution in [0.25, 0.3) is 0 Å². The fraction of sp³-hybridized carbons (Fsp3) is 0.878. The Morgan fingerprint density at radius 1 is 0.854 bits per heavy atom. The Hall–Kier alpha value is -1.89. The van der Waals surface area contributed by atoms with Gasteiger partial charge in [-0.05, 0) is 122 Å². The van der Waals surface area contributed by atoms with Gasteiger partial charge in [-0.3, -0.25) is 14.4 Å². The fourth-order valence-corrected chi connectivity index (χ4v) is 13.9. The average molecular weight is 667 g/mol. The molecule has 7 nitrogen and oxygen atoms in total. The van der Waals surface area contributed by atoms with Gasteiger partial charge in [-0.1, -0.05) is 60.6 Å². The van der Waals surface area contributed by atoms with Crippen molar-refractivity contribution < 1.29 is 24.2 Å². The van der Waals surface area contributed by atoms with E-state index in [1.54, 1.807) is 0 Å². The SMILES string of the molecule is C=C(C)[C@@H]1CCC2(C(=O)N3CCNCC3)CC[C@]3(C)C(CCC4C5(C)CCC(OC(=O)CC(C)(C)CC(=O)O)C(C)(C)C5CCC43C)C12. The van der Waals surface area contributed by atoms with Crippen LogP contribution < -0.4 is 5.32 Å². The maximum Gasteiger partial charge on any atom is 0.306 e. The second kappa shape index (κ2) is 12.1. The highest BCUT2D eigenvalue weighted by Crippen LogP contribution is 2.77. The number of allylic oxidation sites excluding steroid dienone is 1. The highest BCUT2D eigenvalue weighted by Gasteiger charge is 2.72. The molecule has 6 aliphatic rings. The number of aliphatic carboxylic acids is 1. The van der Waals surface area contributed by atoms with E-state index in [2.05, 4.69) is 58.3 Å². The quantitative estimate of drug-likeness (QED) is 0.212. The van der Waals surface area contributed by atoms with Crippen LogP contribution in [-0.2, 0) is 19.1 Å². The smallest absolute Gasteiger partial charge is 0.306 e. The van der Waals surface area contributed by atoms with Crippen molar-refractivity contribution in [3.63, 3.8) is 0 Å². The van der Waals surface area contributed by atoms with Crippen LogP contribution in [0.1, 0.15) is 132 Å². The number of carboxylic acid groups (broad SMARTS) is 1. The number of hydrogen-bond donors (Lipinski definition) is 2. The summed E-state index contributed by atoms with van der Waals surface area (Å²) in [5.41, 5.74) is 0.766. The molecule has 7 heteroatoms. The topological polar surface area (TPSA) is 95.9 Å². The Bertz CT molecular complexity index is 1320. The van der Waals surface area contributed by atoms with Crippen molar-refractivity contribution in [2.24, 2.45) is 62.1 Å². The summed E-state index contributed by atoms with van der Waals surface area (Å²) in [5.74, 6) is 1.70. The monoisotopic (exact) mass is 666 g/mol. The molecular weight excluding hydrogens is 600 g/mol. The normalized spacial score (nSPS) is 43.6. The molecule has 1 amide bonds. The lowest BCUT2D eigenvalue weighted by atomic mass is 9.32. The van der Waals surface area contributed by atoms with Crippen LogP contribution in [0.3, 0.4) is 0 Å². The number of ether oxygens (including phenoxy) is 1. The van der Waals surface area contributed by atoms with E-state index in [0.29, 0.717) is 35.5 Å². The molecular formula is C41H66N2O5. The van der Waals surface area contributed by atoms with Crippen molar-refractivity contribution >= 4 is 17.8 Å². The molecule has 2 N–H and O–H groups in total. The summed E-state index contributed by atoms with van der Waals surface area (Å²) < 4.78 is 6.27. The summed E-state index contributed by atoms with van der Waals surface area (Å²) in [5, 5.41) is 12.8. The number of hydrogen-bond acceptors (Lipinski definition) is 5. The van der Waals surface area contributed by atoms with Crippen LogP contribution >= 0.6 is 0 Å². The van der Waals surface area contributed by atoms with Gasteiger partial charge in [0.15, 0.2) is 0 Å². The second-order valence-electron chi connectivity index (χ2n) is 19.6. The van der Waals surface area contributed by atoms with Crippen molar-refractivity contribution in [1.82, 2.24) is 10.2 Å². The number of carbonyl (C=O) groups excluding carboxylic acids is 2. The zero-order chi connectivity index (χ0) is 35.1.